The zero-order valence-electron chi connectivity index (χ0n) is 3.33. The van der Waals surface area contributed by atoms with Gasteiger partial charge in [-0.2, -0.15) is 12.6 Å². The molecule has 0 atom stereocenters. The Hall–Kier alpha value is -0.170. The highest BCUT2D eigenvalue weighted by Gasteiger charge is 1.90. The lowest BCUT2D eigenvalue weighted by Crippen LogP contribution is -1.76. The average molecular weight is 98.2 g/mol. The Morgan fingerprint density at radius 1 is 1.17 bits per heavy atom. The monoisotopic (exact) mass is 98.0 g/mol. The molecule has 0 radical (unpaired) electrons. The molecule has 0 aromatic heterocycles. The average Bonchev–Trinajstić information content (AvgIpc) is 1.86. The molecule has 1 aliphatic carbocycles. The van der Waals surface area contributed by atoms with Crippen LogP contribution in [0.15, 0.2) is 24.3 Å². The van der Waals surface area contributed by atoms with Crippen LogP contribution in [0, 0.1) is 0 Å². The highest BCUT2D eigenvalue weighted by Crippen LogP contribution is 2.04. The topological polar surface area (TPSA) is 0 Å². The van der Waals surface area contributed by atoms with E-state index in [1.54, 1.807) is 0 Å². The summed E-state index contributed by atoms with van der Waals surface area (Å²) in [5.41, 5.74) is 0. The van der Waals surface area contributed by atoms with Crippen LogP contribution in [-0.4, -0.2) is 5.25 Å². The molecule has 0 saturated heterocycles. The highest BCUT2D eigenvalue weighted by atomic mass is 32.1. The van der Waals surface area contributed by atoms with Gasteiger partial charge in [0.05, 0.1) is 0 Å². The van der Waals surface area contributed by atoms with Crippen LogP contribution >= 0.6 is 12.6 Å². The van der Waals surface area contributed by atoms with E-state index in [1.165, 1.54) is 0 Å². The summed E-state index contributed by atoms with van der Waals surface area (Å²) in [5, 5.41) is 0.380. The van der Waals surface area contributed by atoms with Gasteiger partial charge in [-0.25, -0.2) is 0 Å². The summed E-state index contributed by atoms with van der Waals surface area (Å²) >= 11 is 4.12. The molecule has 32 valence electrons. The smallest absolute Gasteiger partial charge is 0.0383 e. The van der Waals surface area contributed by atoms with Crippen molar-refractivity contribution in [2.75, 3.05) is 0 Å². The number of rotatable bonds is 0. The second-order valence-electron chi connectivity index (χ2n) is 1.26. The Morgan fingerprint density at radius 2 is 1.67 bits per heavy atom. The quantitative estimate of drug-likeness (QED) is 0.435. The third-order valence-electron chi connectivity index (χ3n) is 0.728. The molecule has 0 spiro atoms. The Bertz CT molecular complexity index is 80.1. The van der Waals surface area contributed by atoms with Crippen molar-refractivity contribution >= 4 is 12.6 Å². The van der Waals surface area contributed by atoms with Gasteiger partial charge in [-0.05, 0) is 0 Å². The molecular weight excluding hydrogens is 92.1 g/mol. The van der Waals surface area contributed by atoms with Crippen LogP contribution in [0.5, 0.6) is 0 Å². The Labute approximate surface area is 43.0 Å². The molecule has 0 aromatic rings. The van der Waals surface area contributed by atoms with Crippen LogP contribution in [-0.2, 0) is 0 Å². The van der Waals surface area contributed by atoms with Crippen molar-refractivity contribution in [3.63, 3.8) is 0 Å². The van der Waals surface area contributed by atoms with Crippen LogP contribution < -0.4 is 0 Å². The molecule has 0 nitrogen and oxygen atoms in total. The fourth-order valence-corrected chi connectivity index (χ4v) is 0.619. The fourth-order valence-electron chi connectivity index (χ4n) is 0.420. The standard InChI is InChI=1S/C5H6S/c6-5-3-1-2-4-5/h1-6H. The van der Waals surface area contributed by atoms with Crippen LogP contribution in [0.3, 0.4) is 0 Å². The molecule has 0 N–H and O–H groups in total. The van der Waals surface area contributed by atoms with Crippen LogP contribution in [0.2, 0.25) is 0 Å². The predicted molar refractivity (Wildman–Crippen MR) is 31.1 cm³/mol. The lowest BCUT2D eigenvalue weighted by molar-refractivity contribution is 1.49. The van der Waals surface area contributed by atoms with Crippen molar-refractivity contribution in [1.82, 2.24) is 0 Å². The van der Waals surface area contributed by atoms with Gasteiger partial charge in [0.1, 0.15) is 0 Å². The van der Waals surface area contributed by atoms with E-state index in [0.717, 1.165) is 0 Å². The van der Waals surface area contributed by atoms with Crippen LogP contribution in [0.25, 0.3) is 0 Å². The minimum Gasteiger partial charge on any atom is -0.168 e. The molecule has 0 aromatic carbocycles. The van der Waals surface area contributed by atoms with E-state index in [4.69, 9.17) is 0 Å². The van der Waals surface area contributed by atoms with E-state index >= 15 is 0 Å². The van der Waals surface area contributed by atoms with Gasteiger partial charge in [-0.15, -0.1) is 0 Å². The summed E-state index contributed by atoms with van der Waals surface area (Å²) in [5.74, 6) is 0. The van der Waals surface area contributed by atoms with Gasteiger partial charge < -0.3 is 0 Å². The Kier molecular flexibility index (Phi) is 1.01. The third-order valence-corrected chi connectivity index (χ3v) is 1.07. The van der Waals surface area contributed by atoms with Crippen molar-refractivity contribution in [1.29, 1.82) is 0 Å². The Balaban J connectivity index is 2.60. The van der Waals surface area contributed by atoms with Crippen molar-refractivity contribution < 1.29 is 0 Å². The number of thiol groups is 1. The molecule has 0 amide bonds. The molecule has 0 bridgehead atoms. The molecule has 0 aliphatic heterocycles. The fraction of sp³-hybridized carbons (Fsp3) is 0.200. The summed E-state index contributed by atoms with van der Waals surface area (Å²) < 4.78 is 0. The van der Waals surface area contributed by atoms with Gasteiger partial charge in [-0.3, -0.25) is 0 Å². The van der Waals surface area contributed by atoms with Crippen molar-refractivity contribution in [3.05, 3.63) is 24.3 Å². The first-order valence-corrected chi connectivity index (χ1v) is 2.44. The van der Waals surface area contributed by atoms with Crippen molar-refractivity contribution in [3.8, 4) is 0 Å². The largest absolute Gasteiger partial charge is 0.168 e. The summed E-state index contributed by atoms with van der Waals surface area (Å²) in [6, 6.07) is 0. The van der Waals surface area contributed by atoms with E-state index in [0.29, 0.717) is 5.25 Å². The number of hydrogen-bond donors (Lipinski definition) is 1. The van der Waals surface area contributed by atoms with Crippen molar-refractivity contribution in [2.24, 2.45) is 0 Å². The van der Waals surface area contributed by atoms with E-state index in [2.05, 4.69) is 12.6 Å². The lowest BCUT2D eigenvalue weighted by atomic mass is 10.5. The maximum atomic E-state index is 4.12. The normalized spacial score (nSPS) is 20.2. The molecular formula is C5H6S. The van der Waals surface area contributed by atoms with Gasteiger partial charge in [0, 0.05) is 5.25 Å². The molecule has 0 fully saturated rings. The van der Waals surface area contributed by atoms with Gasteiger partial charge in [0.15, 0.2) is 0 Å². The zero-order chi connectivity index (χ0) is 4.41. The minimum atomic E-state index is 0.380. The molecule has 1 heteroatoms. The molecule has 0 heterocycles. The second kappa shape index (κ2) is 1.52. The molecule has 0 unspecified atom stereocenters. The van der Waals surface area contributed by atoms with Gasteiger partial charge in [-0.1, -0.05) is 24.3 Å². The van der Waals surface area contributed by atoms with E-state index in [-0.39, 0.29) is 0 Å². The van der Waals surface area contributed by atoms with Gasteiger partial charge in [0.2, 0.25) is 0 Å². The summed E-state index contributed by atoms with van der Waals surface area (Å²) in [6.45, 7) is 0. The first-order valence-electron chi connectivity index (χ1n) is 1.92. The lowest BCUT2D eigenvalue weighted by Gasteiger charge is -1.83. The zero-order valence-corrected chi connectivity index (χ0v) is 4.23. The Morgan fingerprint density at radius 3 is 1.83 bits per heavy atom. The van der Waals surface area contributed by atoms with Crippen LogP contribution in [0.4, 0.5) is 0 Å². The summed E-state index contributed by atoms with van der Waals surface area (Å²) in [7, 11) is 0. The maximum absolute atomic E-state index is 4.12. The van der Waals surface area contributed by atoms with E-state index in [1.807, 2.05) is 24.3 Å². The molecule has 0 saturated carbocycles. The first-order chi connectivity index (χ1) is 2.89. The second-order valence-corrected chi connectivity index (χ2v) is 1.86. The van der Waals surface area contributed by atoms with E-state index in [9.17, 15) is 0 Å². The SMILES string of the molecule is SC1C=CC=C1. The van der Waals surface area contributed by atoms with Gasteiger partial charge >= 0.3 is 0 Å². The number of hydrogen-bond acceptors (Lipinski definition) is 1. The third kappa shape index (κ3) is 0.658. The number of allylic oxidation sites excluding steroid dienone is 2. The van der Waals surface area contributed by atoms with E-state index < -0.39 is 0 Å². The predicted octanol–water partition coefficient (Wildman–Crippen LogP) is 1.41. The van der Waals surface area contributed by atoms with Crippen LogP contribution in [0.1, 0.15) is 0 Å². The summed E-state index contributed by atoms with van der Waals surface area (Å²) in [6.07, 6.45) is 8.06. The summed E-state index contributed by atoms with van der Waals surface area (Å²) in [4.78, 5) is 0. The molecule has 6 heavy (non-hydrogen) atoms. The first kappa shape index (κ1) is 4.00. The van der Waals surface area contributed by atoms with Gasteiger partial charge in [0.25, 0.3) is 0 Å². The molecule has 1 aliphatic rings. The minimum absolute atomic E-state index is 0.380. The molecule has 1 rings (SSSR count). The van der Waals surface area contributed by atoms with Crippen molar-refractivity contribution in [2.45, 2.75) is 5.25 Å². The highest BCUT2D eigenvalue weighted by molar-refractivity contribution is 7.81. The maximum Gasteiger partial charge on any atom is 0.0383 e.